The van der Waals surface area contributed by atoms with Crippen LogP contribution < -0.4 is 5.32 Å². The van der Waals surface area contributed by atoms with Crippen molar-refractivity contribution in [1.82, 2.24) is 9.88 Å². The number of likely N-dealkylation sites (tertiary alicyclic amines) is 1. The van der Waals surface area contributed by atoms with Gasteiger partial charge in [-0.1, -0.05) is 17.7 Å². The topological polar surface area (TPSA) is 65.5 Å². The maximum atomic E-state index is 14.2. The van der Waals surface area contributed by atoms with Crippen molar-refractivity contribution in [2.75, 3.05) is 25.0 Å². The number of fused-ring (bicyclic) bond motifs is 1. The first-order valence-electron chi connectivity index (χ1n) is 13.6. The molecule has 0 amide bonds. The summed E-state index contributed by atoms with van der Waals surface area (Å²) in [6, 6.07) is 8.86. The van der Waals surface area contributed by atoms with E-state index < -0.39 is 11.6 Å². The highest BCUT2D eigenvalue weighted by Crippen LogP contribution is 2.40. The predicted octanol–water partition coefficient (Wildman–Crippen LogP) is 7.90. The van der Waals surface area contributed by atoms with Gasteiger partial charge < -0.3 is 15.3 Å². The van der Waals surface area contributed by atoms with Gasteiger partial charge in [0.05, 0.1) is 21.8 Å². The number of carbonyl (C=O) groups is 1. The zero-order valence-electron chi connectivity index (χ0n) is 21.8. The average Bonchev–Trinajstić information content (AvgIpc) is 3.64. The SMILES string of the molecule is Cl.Cl.O=C(c1cnc2ccc(-c3cc(F)c(O)c(Cl)c3)cc2c1NC1CCC(CN2CCCC2)CC1)C1CC1. The van der Waals surface area contributed by atoms with Crippen molar-refractivity contribution in [1.29, 1.82) is 0 Å². The van der Waals surface area contributed by atoms with Crippen LogP contribution in [0.25, 0.3) is 22.0 Å². The third kappa shape index (κ3) is 6.45. The Morgan fingerprint density at radius 1 is 1.03 bits per heavy atom. The zero-order chi connectivity index (χ0) is 25.5. The second-order valence-corrected chi connectivity index (χ2v) is 11.5. The zero-order valence-corrected chi connectivity index (χ0v) is 24.2. The Balaban J connectivity index is 0.00000176. The highest BCUT2D eigenvalue weighted by Gasteiger charge is 2.33. The first-order chi connectivity index (χ1) is 18.0. The summed E-state index contributed by atoms with van der Waals surface area (Å²) in [7, 11) is 0. The summed E-state index contributed by atoms with van der Waals surface area (Å²) in [5, 5.41) is 14.4. The molecule has 3 aliphatic rings. The molecule has 39 heavy (non-hydrogen) atoms. The molecule has 1 aromatic heterocycles. The maximum absolute atomic E-state index is 14.2. The molecular formula is C30H35Cl3FN3O2. The number of Topliss-reactive ketones (excluding diaryl/α,β-unsaturated/α-hetero) is 1. The Hall–Kier alpha value is -2.12. The molecule has 3 fully saturated rings. The van der Waals surface area contributed by atoms with E-state index in [1.54, 1.807) is 12.3 Å². The highest BCUT2D eigenvalue weighted by atomic mass is 35.5. The van der Waals surface area contributed by atoms with E-state index in [-0.39, 0.29) is 41.5 Å². The van der Waals surface area contributed by atoms with Gasteiger partial charge in [0.25, 0.3) is 0 Å². The number of phenols is 1. The number of carbonyl (C=O) groups excluding carboxylic acids is 1. The van der Waals surface area contributed by atoms with Gasteiger partial charge in [0.15, 0.2) is 17.3 Å². The molecule has 9 heteroatoms. The minimum atomic E-state index is -0.762. The Morgan fingerprint density at radius 3 is 2.41 bits per heavy atom. The van der Waals surface area contributed by atoms with E-state index in [0.29, 0.717) is 17.2 Å². The van der Waals surface area contributed by atoms with Crippen LogP contribution in [-0.2, 0) is 0 Å². The molecule has 3 aromatic rings. The molecule has 2 saturated carbocycles. The van der Waals surface area contributed by atoms with Gasteiger partial charge in [-0.2, -0.15) is 0 Å². The van der Waals surface area contributed by atoms with Gasteiger partial charge >= 0.3 is 0 Å². The molecule has 5 nitrogen and oxygen atoms in total. The Kier molecular flexibility index (Phi) is 9.64. The van der Waals surface area contributed by atoms with Crippen molar-refractivity contribution in [2.24, 2.45) is 11.8 Å². The fourth-order valence-electron chi connectivity index (χ4n) is 6.04. The van der Waals surface area contributed by atoms with Gasteiger partial charge in [-0.05, 0) is 106 Å². The van der Waals surface area contributed by atoms with E-state index in [1.807, 2.05) is 18.2 Å². The highest BCUT2D eigenvalue weighted by molar-refractivity contribution is 6.32. The number of hydrogen-bond acceptors (Lipinski definition) is 5. The molecule has 6 rings (SSSR count). The van der Waals surface area contributed by atoms with Crippen molar-refractivity contribution in [3.8, 4) is 16.9 Å². The number of nitrogens with zero attached hydrogens (tertiary/aromatic N) is 2. The minimum absolute atomic E-state index is 0. The molecule has 0 radical (unpaired) electrons. The summed E-state index contributed by atoms with van der Waals surface area (Å²) in [4.78, 5) is 20.5. The van der Waals surface area contributed by atoms with Crippen LogP contribution in [0.5, 0.6) is 5.75 Å². The molecule has 0 unspecified atom stereocenters. The number of rotatable bonds is 7. The maximum Gasteiger partial charge on any atom is 0.170 e. The number of benzene rings is 2. The van der Waals surface area contributed by atoms with Gasteiger partial charge in [0.2, 0.25) is 0 Å². The van der Waals surface area contributed by atoms with Gasteiger partial charge in [-0.25, -0.2) is 4.39 Å². The van der Waals surface area contributed by atoms with Crippen LogP contribution in [0.1, 0.15) is 61.7 Å². The van der Waals surface area contributed by atoms with E-state index in [0.717, 1.165) is 53.8 Å². The predicted molar refractivity (Wildman–Crippen MR) is 160 cm³/mol. The van der Waals surface area contributed by atoms with Crippen molar-refractivity contribution in [3.63, 3.8) is 0 Å². The number of phenolic OH excluding ortho intramolecular Hbond substituents is 1. The number of aromatic hydroxyl groups is 1. The summed E-state index contributed by atoms with van der Waals surface area (Å²) in [6.45, 7) is 3.70. The standard InChI is InChI=1S/C30H33ClFN3O2.2ClH/c31-25-14-21(15-26(32)30(25)37)20-7-10-27-23(13-20)28(24(16-33-27)29(36)19-5-6-19)34-22-8-3-18(4-9-22)17-35-11-1-2-12-35;;/h7,10,13-16,18-19,22,37H,1-6,8-9,11-12,17H2,(H,33,34);2*1H. The van der Waals surface area contributed by atoms with Gasteiger partial charge in [0.1, 0.15) is 0 Å². The minimum Gasteiger partial charge on any atom is -0.504 e. The molecule has 2 N–H and O–H groups in total. The lowest BCUT2D eigenvalue weighted by molar-refractivity contribution is 0.0968. The summed E-state index contributed by atoms with van der Waals surface area (Å²) in [5.74, 6) is -0.318. The van der Waals surface area contributed by atoms with Crippen LogP contribution in [-0.4, -0.2) is 46.4 Å². The van der Waals surface area contributed by atoms with Crippen LogP contribution in [0.3, 0.4) is 0 Å². The molecule has 0 spiro atoms. The number of anilines is 1. The van der Waals surface area contributed by atoms with Crippen molar-refractivity contribution in [3.05, 3.63) is 52.9 Å². The van der Waals surface area contributed by atoms with E-state index >= 15 is 0 Å². The van der Waals surface area contributed by atoms with Gasteiger partial charge in [0, 0.05) is 30.1 Å². The number of ketones is 1. The van der Waals surface area contributed by atoms with Crippen molar-refractivity contribution < 1.29 is 14.3 Å². The van der Waals surface area contributed by atoms with Gasteiger partial charge in [-0.3, -0.25) is 9.78 Å². The summed E-state index contributed by atoms with van der Waals surface area (Å²) < 4.78 is 14.2. The Morgan fingerprint density at radius 2 is 1.74 bits per heavy atom. The van der Waals surface area contributed by atoms with Crippen LogP contribution in [0.2, 0.25) is 5.02 Å². The lowest BCUT2D eigenvalue weighted by Crippen LogP contribution is -2.33. The lowest BCUT2D eigenvalue weighted by atomic mass is 9.85. The fourth-order valence-corrected chi connectivity index (χ4v) is 6.24. The van der Waals surface area contributed by atoms with E-state index in [9.17, 15) is 14.3 Å². The number of aromatic nitrogens is 1. The monoisotopic (exact) mass is 593 g/mol. The van der Waals surface area contributed by atoms with Crippen molar-refractivity contribution in [2.45, 2.75) is 57.4 Å². The molecule has 2 aliphatic carbocycles. The van der Waals surface area contributed by atoms with Gasteiger partial charge in [-0.15, -0.1) is 24.8 Å². The second-order valence-electron chi connectivity index (χ2n) is 11.1. The molecule has 0 atom stereocenters. The van der Waals surface area contributed by atoms with Crippen molar-refractivity contribution >= 4 is 58.8 Å². The quantitative estimate of drug-likeness (QED) is 0.272. The average molecular weight is 595 g/mol. The largest absolute Gasteiger partial charge is 0.504 e. The first kappa shape index (κ1) is 29.9. The fraction of sp³-hybridized carbons (Fsp3) is 0.467. The Labute approximate surface area is 246 Å². The summed E-state index contributed by atoms with van der Waals surface area (Å²) in [6.07, 6.45) is 10.8. The normalized spacial score (nSPS) is 21.3. The van der Waals surface area contributed by atoms with E-state index in [2.05, 4.69) is 15.2 Å². The van der Waals surface area contributed by atoms with Crippen LogP contribution in [0, 0.1) is 17.7 Å². The molecule has 0 bridgehead atoms. The van der Waals surface area contributed by atoms with Crippen LogP contribution in [0.4, 0.5) is 10.1 Å². The molecule has 1 aliphatic heterocycles. The third-order valence-electron chi connectivity index (χ3n) is 8.34. The van der Waals surface area contributed by atoms with Crippen LogP contribution >= 0.6 is 36.4 Å². The van der Waals surface area contributed by atoms with E-state index in [1.165, 1.54) is 51.4 Å². The number of halogens is 4. The van der Waals surface area contributed by atoms with Crippen LogP contribution in [0.15, 0.2) is 36.5 Å². The third-order valence-corrected chi connectivity index (χ3v) is 8.63. The number of nitrogens with one attached hydrogen (secondary N) is 1. The second kappa shape index (κ2) is 12.6. The lowest BCUT2D eigenvalue weighted by Gasteiger charge is -2.32. The molecule has 2 heterocycles. The summed E-state index contributed by atoms with van der Waals surface area (Å²) in [5.41, 5.74) is 3.60. The number of pyridine rings is 1. The number of hydrogen-bond donors (Lipinski definition) is 2. The Bertz CT molecular complexity index is 1310. The smallest absolute Gasteiger partial charge is 0.170 e. The molecule has 210 valence electrons. The first-order valence-corrected chi connectivity index (χ1v) is 14.0. The summed E-state index contributed by atoms with van der Waals surface area (Å²) >= 11 is 6.06. The molecular weight excluding hydrogens is 560 g/mol. The molecule has 2 aromatic carbocycles. The molecule has 1 saturated heterocycles. The van der Waals surface area contributed by atoms with E-state index in [4.69, 9.17) is 11.6 Å².